The van der Waals surface area contributed by atoms with E-state index in [1.807, 2.05) is 0 Å². The number of benzene rings is 1. The molecule has 2 aromatic heterocycles. The molecule has 1 aliphatic rings. The van der Waals surface area contributed by atoms with Gasteiger partial charge in [-0.25, -0.2) is 18.4 Å². The van der Waals surface area contributed by atoms with Gasteiger partial charge in [0.1, 0.15) is 5.82 Å². The molecular weight excluding hydrogens is 429 g/mol. The van der Waals surface area contributed by atoms with Gasteiger partial charge in [0.25, 0.3) is 0 Å². The Kier molecular flexibility index (Phi) is 4.92. The van der Waals surface area contributed by atoms with Crippen molar-refractivity contribution < 1.29 is 13.5 Å². The minimum absolute atomic E-state index is 0.159. The fraction of sp³-hybridized carbons (Fsp3) is 0.333. The second-order valence-corrected chi connectivity index (χ2v) is 7.83. The minimum Gasteiger partial charge on any atom is -0.317 e. The van der Waals surface area contributed by atoms with Crippen molar-refractivity contribution in [3.8, 4) is 17.2 Å². The zero-order chi connectivity index (χ0) is 18.1. The van der Waals surface area contributed by atoms with Crippen LogP contribution in [0.1, 0.15) is 12.8 Å². The monoisotopic (exact) mass is 441 g/mol. The molecule has 136 valence electrons. The molecule has 1 fully saturated rings. The molecule has 0 unspecified atom stereocenters. The summed E-state index contributed by atoms with van der Waals surface area (Å²) < 4.78 is 24.6. The quantitative estimate of drug-likeness (QED) is 0.659. The first-order valence-corrected chi connectivity index (χ1v) is 9.55. The molecule has 0 saturated carbocycles. The lowest BCUT2D eigenvalue weighted by molar-refractivity contribution is 0.299. The molecule has 1 saturated heterocycles. The highest BCUT2D eigenvalue weighted by atomic mass is 79.9. The van der Waals surface area contributed by atoms with Crippen LogP contribution in [0.4, 0.5) is 4.39 Å². The maximum absolute atomic E-state index is 13.5. The molecule has 3 aromatic rings. The van der Waals surface area contributed by atoms with Crippen LogP contribution in [0.25, 0.3) is 17.2 Å². The second-order valence-electron chi connectivity index (χ2n) is 5.69. The van der Waals surface area contributed by atoms with Crippen LogP contribution in [0.2, 0.25) is 0 Å². The van der Waals surface area contributed by atoms with E-state index in [0.29, 0.717) is 21.7 Å². The van der Waals surface area contributed by atoms with Crippen LogP contribution < -0.4 is 11.1 Å². The average Bonchev–Trinajstić information content (AvgIpc) is 3.24. The predicted octanol–water partition coefficient (Wildman–Crippen LogP) is 2.62. The molecule has 26 heavy (non-hydrogen) atoms. The number of aromatic nitrogens is 4. The lowest BCUT2D eigenvalue weighted by Crippen LogP contribution is -2.29. The van der Waals surface area contributed by atoms with Crippen LogP contribution in [-0.2, 0) is 0 Å². The largest absolute Gasteiger partial charge is 0.446 e. The Morgan fingerprint density at radius 2 is 2.08 bits per heavy atom. The van der Waals surface area contributed by atoms with Crippen molar-refractivity contribution in [3.63, 3.8) is 0 Å². The molecule has 0 amide bonds. The molecule has 0 atom stereocenters. The standard InChI is InChI=1S/C15H13BrFN5O3S/c16-10-7-8(1-2-11(10)17)22-13(20-24-15(22)23)12-14(21-25-19-12)26-9-3-5-18-6-4-9/h1-2,7,9,18H,3-6H2. The number of nitrogens with one attached hydrogen (secondary N) is 1. The highest BCUT2D eigenvalue weighted by Gasteiger charge is 2.26. The zero-order valence-corrected chi connectivity index (χ0v) is 15.7. The molecule has 0 aliphatic carbocycles. The Labute approximate surface area is 159 Å². The van der Waals surface area contributed by atoms with Crippen molar-refractivity contribution in [2.24, 2.45) is 0 Å². The van der Waals surface area contributed by atoms with E-state index in [9.17, 15) is 9.18 Å². The smallest absolute Gasteiger partial charge is 0.317 e. The van der Waals surface area contributed by atoms with Crippen LogP contribution in [0.15, 0.2) is 41.6 Å². The van der Waals surface area contributed by atoms with Crippen LogP contribution in [0.5, 0.6) is 0 Å². The summed E-state index contributed by atoms with van der Waals surface area (Å²) in [6, 6.07) is 4.16. The van der Waals surface area contributed by atoms with Crippen LogP contribution in [0.3, 0.4) is 0 Å². The molecular formula is C15H13BrFN5O3S. The summed E-state index contributed by atoms with van der Waals surface area (Å²) >= 11 is 4.65. The Bertz CT molecular complexity index is 982. The molecule has 1 N–H and O–H groups in total. The molecule has 11 heteroatoms. The van der Waals surface area contributed by atoms with Gasteiger partial charge in [-0.15, -0.1) is 0 Å². The summed E-state index contributed by atoms with van der Waals surface area (Å²) in [4.78, 5) is 12.2. The van der Waals surface area contributed by atoms with Crippen molar-refractivity contribution in [2.75, 3.05) is 13.1 Å². The van der Waals surface area contributed by atoms with E-state index in [1.165, 1.54) is 34.5 Å². The van der Waals surface area contributed by atoms with E-state index in [0.717, 1.165) is 25.9 Å². The van der Waals surface area contributed by atoms with Gasteiger partial charge in [0.2, 0.25) is 5.82 Å². The van der Waals surface area contributed by atoms with Gasteiger partial charge >= 0.3 is 5.76 Å². The summed E-state index contributed by atoms with van der Waals surface area (Å²) in [5, 5.41) is 15.9. The second kappa shape index (κ2) is 7.33. The highest BCUT2D eigenvalue weighted by Crippen LogP contribution is 2.34. The summed E-state index contributed by atoms with van der Waals surface area (Å²) in [6.07, 6.45) is 1.99. The number of piperidine rings is 1. The van der Waals surface area contributed by atoms with Gasteiger partial charge in [-0.1, -0.05) is 16.9 Å². The lowest BCUT2D eigenvalue weighted by atomic mass is 10.2. The first-order valence-electron chi connectivity index (χ1n) is 7.88. The third-order valence-electron chi connectivity index (χ3n) is 4.00. The van der Waals surface area contributed by atoms with Gasteiger partial charge in [0.05, 0.1) is 10.2 Å². The number of hydrogen-bond donors (Lipinski definition) is 1. The first-order chi connectivity index (χ1) is 12.6. The molecule has 3 heterocycles. The summed E-state index contributed by atoms with van der Waals surface area (Å²) in [5.41, 5.74) is 0.708. The molecule has 1 aliphatic heterocycles. The summed E-state index contributed by atoms with van der Waals surface area (Å²) in [7, 11) is 0. The summed E-state index contributed by atoms with van der Waals surface area (Å²) in [5.74, 6) is -0.990. The Hall–Kier alpha value is -1.98. The molecule has 0 bridgehead atoms. The van der Waals surface area contributed by atoms with E-state index in [-0.39, 0.29) is 10.3 Å². The maximum atomic E-state index is 13.5. The van der Waals surface area contributed by atoms with E-state index in [2.05, 4.69) is 36.7 Å². The van der Waals surface area contributed by atoms with E-state index < -0.39 is 11.6 Å². The van der Waals surface area contributed by atoms with E-state index in [1.54, 1.807) is 0 Å². The first kappa shape index (κ1) is 17.4. The molecule has 4 rings (SSSR count). The van der Waals surface area contributed by atoms with Crippen molar-refractivity contribution in [1.29, 1.82) is 0 Å². The Balaban J connectivity index is 1.72. The summed E-state index contributed by atoms with van der Waals surface area (Å²) in [6.45, 7) is 1.88. The van der Waals surface area contributed by atoms with Gasteiger partial charge in [-0.05, 0) is 70.4 Å². The lowest BCUT2D eigenvalue weighted by Gasteiger charge is -2.20. The van der Waals surface area contributed by atoms with Gasteiger partial charge in [0.15, 0.2) is 10.7 Å². The van der Waals surface area contributed by atoms with Crippen LogP contribution in [0, 0.1) is 5.82 Å². The number of rotatable bonds is 4. The van der Waals surface area contributed by atoms with Crippen molar-refractivity contribution in [1.82, 2.24) is 25.4 Å². The van der Waals surface area contributed by atoms with Crippen LogP contribution in [-0.4, -0.2) is 38.4 Å². The third kappa shape index (κ3) is 3.33. The average molecular weight is 442 g/mol. The van der Waals surface area contributed by atoms with Crippen molar-refractivity contribution in [2.45, 2.75) is 23.1 Å². The minimum atomic E-state index is -0.709. The van der Waals surface area contributed by atoms with Crippen molar-refractivity contribution >= 4 is 27.7 Å². The van der Waals surface area contributed by atoms with Gasteiger partial charge in [-0.2, -0.15) is 0 Å². The third-order valence-corrected chi connectivity index (χ3v) is 5.90. The normalized spacial score (nSPS) is 15.5. The van der Waals surface area contributed by atoms with Crippen molar-refractivity contribution in [3.05, 3.63) is 39.0 Å². The Morgan fingerprint density at radius 3 is 2.85 bits per heavy atom. The van der Waals surface area contributed by atoms with Gasteiger partial charge < -0.3 is 5.32 Å². The number of nitrogens with zero attached hydrogens (tertiary/aromatic N) is 4. The SMILES string of the molecule is O=c1onc(-c2nonc2SC2CCNCC2)n1-c1ccc(F)c(Br)c1. The topological polar surface area (TPSA) is 99.0 Å². The number of thioether (sulfide) groups is 1. The predicted molar refractivity (Wildman–Crippen MR) is 94.8 cm³/mol. The number of halogens is 2. The molecule has 0 spiro atoms. The van der Waals surface area contributed by atoms with Gasteiger partial charge in [-0.3, -0.25) is 4.52 Å². The highest BCUT2D eigenvalue weighted by molar-refractivity contribution is 9.10. The van der Waals surface area contributed by atoms with Crippen LogP contribution >= 0.6 is 27.7 Å². The van der Waals surface area contributed by atoms with E-state index >= 15 is 0 Å². The van der Waals surface area contributed by atoms with Gasteiger partial charge in [0, 0.05) is 5.25 Å². The Morgan fingerprint density at radius 1 is 1.27 bits per heavy atom. The molecule has 8 nitrogen and oxygen atoms in total. The fourth-order valence-corrected chi connectivity index (χ4v) is 4.19. The molecule has 0 radical (unpaired) electrons. The maximum Gasteiger partial charge on any atom is 0.446 e. The van der Waals surface area contributed by atoms with E-state index in [4.69, 9.17) is 9.15 Å². The number of hydrogen-bond acceptors (Lipinski definition) is 8. The fourth-order valence-electron chi connectivity index (χ4n) is 2.72. The zero-order valence-electron chi connectivity index (χ0n) is 13.3. The molecule has 1 aromatic carbocycles.